The number of nitrogens with one attached hydrogen (secondary N) is 1. The topological polar surface area (TPSA) is 102 Å². The van der Waals surface area contributed by atoms with Gasteiger partial charge in [0.1, 0.15) is 11.4 Å². The van der Waals surface area contributed by atoms with Gasteiger partial charge in [0.2, 0.25) is 5.88 Å². The third kappa shape index (κ3) is 4.26. The summed E-state index contributed by atoms with van der Waals surface area (Å²) in [6.07, 6.45) is -4.85. The predicted octanol–water partition coefficient (Wildman–Crippen LogP) is 4.25. The summed E-state index contributed by atoms with van der Waals surface area (Å²) in [4.78, 5) is 23.8. The van der Waals surface area contributed by atoms with Crippen molar-refractivity contribution in [2.75, 3.05) is 5.32 Å². The highest BCUT2D eigenvalue weighted by atomic mass is 32.1. The number of anilines is 1. The molecule has 27 heavy (non-hydrogen) atoms. The molecule has 0 aliphatic carbocycles. The van der Waals surface area contributed by atoms with Crippen molar-refractivity contribution in [1.82, 2.24) is 5.16 Å². The Bertz CT molecular complexity index is 965. The number of carbonyl (C=O) groups excluding carboxylic acids is 1. The van der Waals surface area contributed by atoms with Gasteiger partial charge in [0.15, 0.2) is 5.56 Å². The molecular formula is C16H9F3N2O5S. The van der Waals surface area contributed by atoms with Gasteiger partial charge < -0.3 is 14.4 Å². The molecular weight excluding hydrogens is 389 g/mol. The van der Waals surface area contributed by atoms with Crippen molar-refractivity contribution in [2.24, 2.45) is 0 Å². The molecule has 0 radical (unpaired) electrons. The standard InChI is InChI=1S/C16H9F3N2O5S/c17-16(18,19)25-10-3-1-8(2-4-10)13(22)20-14-11(15(23)24)12(21-26-14)9-5-6-27-7-9/h1-7H,(H,20,22)(H,23,24). The molecule has 2 aromatic heterocycles. The highest BCUT2D eigenvalue weighted by Crippen LogP contribution is 2.30. The van der Waals surface area contributed by atoms with Gasteiger partial charge >= 0.3 is 12.3 Å². The van der Waals surface area contributed by atoms with Crippen molar-refractivity contribution < 1.29 is 37.1 Å². The maximum atomic E-state index is 12.2. The second-order valence-electron chi connectivity index (χ2n) is 5.08. The number of ether oxygens (including phenoxy) is 1. The highest BCUT2D eigenvalue weighted by molar-refractivity contribution is 7.08. The van der Waals surface area contributed by atoms with Crippen molar-refractivity contribution in [2.45, 2.75) is 6.36 Å². The van der Waals surface area contributed by atoms with Crippen molar-refractivity contribution in [1.29, 1.82) is 0 Å². The number of halogens is 3. The van der Waals surface area contributed by atoms with Crippen LogP contribution in [0, 0.1) is 0 Å². The summed E-state index contributed by atoms with van der Waals surface area (Å²) in [6, 6.07) is 5.73. The molecule has 140 valence electrons. The number of amides is 1. The van der Waals surface area contributed by atoms with E-state index in [9.17, 15) is 27.9 Å². The lowest BCUT2D eigenvalue weighted by atomic mass is 10.1. The first-order chi connectivity index (χ1) is 12.7. The Morgan fingerprint density at radius 3 is 2.44 bits per heavy atom. The molecule has 7 nitrogen and oxygen atoms in total. The van der Waals surface area contributed by atoms with E-state index in [4.69, 9.17) is 4.52 Å². The lowest BCUT2D eigenvalue weighted by molar-refractivity contribution is -0.274. The van der Waals surface area contributed by atoms with E-state index < -0.39 is 24.0 Å². The second kappa shape index (κ2) is 7.11. The number of aromatic nitrogens is 1. The number of hydrogen-bond donors (Lipinski definition) is 2. The molecule has 11 heteroatoms. The smallest absolute Gasteiger partial charge is 0.477 e. The van der Waals surface area contributed by atoms with E-state index in [1.54, 1.807) is 16.8 Å². The van der Waals surface area contributed by atoms with E-state index in [2.05, 4.69) is 15.2 Å². The number of nitrogens with zero attached hydrogens (tertiary/aromatic N) is 1. The summed E-state index contributed by atoms with van der Waals surface area (Å²) in [7, 11) is 0. The van der Waals surface area contributed by atoms with E-state index in [-0.39, 0.29) is 22.7 Å². The lowest BCUT2D eigenvalue weighted by Crippen LogP contribution is -2.17. The van der Waals surface area contributed by atoms with Crippen molar-refractivity contribution >= 4 is 29.1 Å². The molecule has 3 aromatic rings. The number of hydrogen-bond acceptors (Lipinski definition) is 6. The van der Waals surface area contributed by atoms with Gasteiger partial charge in [0.25, 0.3) is 5.91 Å². The maximum absolute atomic E-state index is 12.2. The Kier molecular flexibility index (Phi) is 4.86. The molecule has 0 fully saturated rings. The van der Waals surface area contributed by atoms with Gasteiger partial charge in [0.05, 0.1) is 0 Å². The van der Waals surface area contributed by atoms with Gasteiger partial charge in [-0.1, -0.05) is 5.16 Å². The number of aromatic carboxylic acids is 1. The average Bonchev–Trinajstić information content (AvgIpc) is 3.22. The van der Waals surface area contributed by atoms with Gasteiger partial charge in [-0.15, -0.1) is 13.2 Å². The highest BCUT2D eigenvalue weighted by Gasteiger charge is 2.31. The van der Waals surface area contributed by atoms with Crippen LogP contribution in [0.3, 0.4) is 0 Å². The Hall–Kier alpha value is -3.34. The quantitative estimate of drug-likeness (QED) is 0.666. The summed E-state index contributed by atoms with van der Waals surface area (Å²) in [5.74, 6) is -3.03. The minimum absolute atomic E-state index is 0.0330. The molecule has 1 amide bonds. The number of carbonyl (C=O) groups is 2. The largest absolute Gasteiger partial charge is 0.573 e. The number of benzene rings is 1. The van der Waals surface area contributed by atoms with Crippen molar-refractivity contribution in [3.63, 3.8) is 0 Å². The van der Waals surface area contributed by atoms with Crippen molar-refractivity contribution in [3.8, 4) is 17.0 Å². The zero-order valence-corrected chi connectivity index (χ0v) is 13.9. The summed E-state index contributed by atoms with van der Waals surface area (Å²) < 4.78 is 45.1. The monoisotopic (exact) mass is 398 g/mol. The fourth-order valence-corrected chi connectivity index (χ4v) is 2.79. The normalized spacial score (nSPS) is 11.2. The Balaban J connectivity index is 1.81. The molecule has 1 aromatic carbocycles. The molecule has 0 saturated heterocycles. The number of alkyl halides is 3. The zero-order chi connectivity index (χ0) is 19.6. The van der Waals surface area contributed by atoms with E-state index in [0.717, 1.165) is 24.3 Å². The molecule has 0 spiro atoms. The molecule has 0 atom stereocenters. The first-order valence-electron chi connectivity index (χ1n) is 7.17. The summed E-state index contributed by atoms with van der Waals surface area (Å²) in [6.45, 7) is 0. The second-order valence-corrected chi connectivity index (χ2v) is 5.86. The molecule has 2 N–H and O–H groups in total. The maximum Gasteiger partial charge on any atom is 0.573 e. The van der Waals surface area contributed by atoms with E-state index in [0.29, 0.717) is 5.56 Å². The fraction of sp³-hybridized carbons (Fsp3) is 0.0625. The van der Waals surface area contributed by atoms with E-state index >= 15 is 0 Å². The van der Waals surface area contributed by atoms with Crippen LogP contribution in [-0.4, -0.2) is 28.5 Å². The van der Waals surface area contributed by atoms with Crippen LogP contribution in [0.5, 0.6) is 5.75 Å². The van der Waals surface area contributed by atoms with Crippen LogP contribution >= 0.6 is 11.3 Å². The summed E-state index contributed by atoms with van der Waals surface area (Å²) in [5, 5.41) is 18.7. The lowest BCUT2D eigenvalue weighted by Gasteiger charge is -2.09. The van der Waals surface area contributed by atoms with Crippen LogP contribution in [0.15, 0.2) is 45.6 Å². The van der Waals surface area contributed by atoms with Gasteiger partial charge in [-0.2, -0.15) is 11.3 Å². The van der Waals surface area contributed by atoms with Crippen LogP contribution < -0.4 is 10.1 Å². The summed E-state index contributed by atoms with van der Waals surface area (Å²) in [5.41, 5.74) is 0.191. The third-order valence-electron chi connectivity index (χ3n) is 3.28. The third-order valence-corrected chi connectivity index (χ3v) is 3.96. The van der Waals surface area contributed by atoms with Gasteiger partial charge in [0, 0.05) is 16.5 Å². The van der Waals surface area contributed by atoms with Crippen LogP contribution in [0.2, 0.25) is 0 Å². The van der Waals surface area contributed by atoms with E-state index in [1.807, 2.05) is 0 Å². The van der Waals surface area contributed by atoms with Crippen LogP contribution in [0.4, 0.5) is 19.1 Å². The molecule has 2 heterocycles. The molecule has 0 saturated carbocycles. The molecule has 3 rings (SSSR count). The van der Waals surface area contributed by atoms with Gasteiger partial charge in [-0.25, -0.2) is 4.79 Å². The predicted molar refractivity (Wildman–Crippen MR) is 87.9 cm³/mol. The average molecular weight is 398 g/mol. The van der Waals surface area contributed by atoms with Crippen LogP contribution in [0.25, 0.3) is 11.3 Å². The van der Waals surface area contributed by atoms with Gasteiger partial charge in [-0.3, -0.25) is 10.1 Å². The van der Waals surface area contributed by atoms with Gasteiger partial charge in [-0.05, 0) is 35.7 Å². The van der Waals surface area contributed by atoms with Crippen molar-refractivity contribution in [3.05, 3.63) is 52.2 Å². The number of carboxylic acids is 1. The minimum atomic E-state index is -4.85. The number of carboxylic acid groups (broad SMARTS) is 1. The molecule has 0 aliphatic heterocycles. The first-order valence-corrected chi connectivity index (χ1v) is 8.11. The van der Waals surface area contributed by atoms with Crippen LogP contribution in [0.1, 0.15) is 20.7 Å². The Labute approximate surface area is 153 Å². The first kappa shape index (κ1) is 18.5. The SMILES string of the molecule is O=C(Nc1onc(-c2ccsc2)c1C(=O)O)c1ccc(OC(F)(F)F)cc1. The Morgan fingerprint density at radius 1 is 1.19 bits per heavy atom. The number of thiophene rings is 1. The summed E-state index contributed by atoms with van der Waals surface area (Å²) >= 11 is 1.33. The van der Waals surface area contributed by atoms with E-state index in [1.165, 1.54) is 11.3 Å². The zero-order valence-electron chi connectivity index (χ0n) is 13.1. The molecule has 0 bridgehead atoms. The Morgan fingerprint density at radius 2 is 1.89 bits per heavy atom. The number of rotatable bonds is 5. The fourth-order valence-electron chi connectivity index (χ4n) is 2.15. The van der Waals surface area contributed by atoms with Crippen LogP contribution in [-0.2, 0) is 0 Å². The molecule has 0 aliphatic rings. The molecule has 0 unspecified atom stereocenters. The minimum Gasteiger partial charge on any atom is -0.477 e.